The summed E-state index contributed by atoms with van der Waals surface area (Å²) in [5, 5.41) is 16.1. The second-order valence-electron chi connectivity index (χ2n) is 10.6. The van der Waals surface area contributed by atoms with Crippen LogP contribution in [-0.2, 0) is 20.9 Å². The largest absolute Gasteiger partial charge is 0.394 e. The van der Waals surface area contributed by atoms with Crippen molar-refractivity contribution in [3.63, 3.8) is 0 Å². The number of thioether (sulfide) groups is 1. The van der Waals surface area contributed by atoms with Gasteiger partial charge in [-0.15, -0.1) is 11.8 Å². The number of hydrogen-bond acceptors (Lipinski definition) is 5. The number of fused-ring (bicyclic) bond motifs is 1. The molecule has 2 bridgehead atoms. The minimum atomic E-state index is -0.733. The summed E-state index contributed by atoms with van der Waals surface area (Å²) in [6.45, 7) is 7.81. The van der Waals surface area contributed by atoms with Gasteiger partial charge in [-0.1, -0.05) is 53.2 Å². The molecule has 7 atom stereocenters. The molecule has 3 amide bonds. The smallest absolute Gasteiger partial charge is 0.244 e. The van der Waals surface area contributed by atoms with E-state index in [1.165, 1.54) is 0 Å². The molecule has 3 heterocycles. The zero-order chi connectivity index (χ0) is 24.8. The topological polar surface area (TPSA) is 98.7 Å². The molecule has 0 aliphatic carbocycles. The molecule has 186 valence electrons. The van der Waals surface area contributed by atoms with Crippen molar-refractivity contribution in [2.24, 2.45) is 11.8 Å². The molecule has 0 aromatic heterocycles. The molecule has 1 aromatic carbocycles. The van der Waals surface area contributed by atoms with Gasteiger partial charge < -0.3 is 20.6 Å². The highest BCUT2D eigenvalue weighted by Gasteiger charge is 2.76. The summed E-state index contributed by atoms with van der Waals surface area (Å²) in [6, 6.07) is 8.48. The molecule has 3 N–H and O–H groups in total. The van der Waals surface area contributed by atoms with Gasteiger partial charge in [-0.2, -0.15) is 0 Å². The second kappa shape index (κ2) is 9.47. The lowest BCUT2D eigenvalue weighted by Gasteiger charge is -2.38. The van der Waals surface area contributed by atoms with Crippen LogP contribution in [0, 0.1) is 11.8 Å². The van der Waals surface area contributed by atoms with Gasteiger partial charge in [-0.25, -0.2) is 0 Å². The maximum Gasteiger partial charge on any atom is 0.244 e. The Hall–Kier alpha value is -1.58. The summed E-state index contributed by atoms with van der Waals surface area (Å²) < 4.78 is -0.706. The standard InChI is InChI=1S/C25H34BrN3O4S/c1-5-15(13-30)29-20(22(32)28-24(2,3)4)25-11-16(26)19(34-25)17(18(25)23(29)33)21(31)27-12-14-9-7-6-8-10-14/h6-10,15-20,30H,5,11-13H2,1-4H3,(H,27,31)(H,28,32)/t15-,16?,17-,18-,19-,20?,25?/m0/s1. The highest BCUT2D eigenvalue weighted by Crippen LogP contribution is 2.68. The number of nitrogens with one attached hydrogen (secondary N) is 2. The number of aliphatic hydroxyl groups excluding tert-OH is 1. The molecule has 4 rings (SSSR count). The van der Waals surface area contributed by atoms with Crippen LogP contribution in [0.15, 0.2) is 30.3 Å². The van der Waals surface area contributed by atoms with Crippen molar-refractivity contribution in [1.29, 1.82) is 0 Å². The number of nitrogens with zero attached hydrogens (tertiary/aromatic N) is 1. The van der Waals surface area contributed by atoms with Gasteiger partial charge >= 0.3 is 0 Å². The van der Waals surface area contributed by atoms with E-state index in [4.69, 9.17) is 0 Å². The minimum Gasteiger partial charge on any atom is -0.394 e. The number of carbonyl (C=O) groups is 3. The van der Waals surface area contributed by atoms with Crippen LogP contribution in [0.2, 0.25) is 0 Å². The second-order valence-corrected chi connectivity index (χ2v) is 13.3. The number of rotatable bonds is 7. The van der Waals surface area contributed by atoms with E-state index >= 15 is 0 Å². The van der Waals surface area contributed by atoms with Crippen LogP contribution in [0.3, 0.4) is 0 Å². The molecule has 3 fully saturated rings. The van der Waals surface area contributed by atoms with Crippen molar-refractivity contribution in [3.05, 3.63) is 35.9 Å². The fraction of sp³-hybridized carbons (Fsp3) is 0.640. The Morgan fingerprint density at radius 2 is 1.94 bits per heavy atom. The molecule has 0 radical (unpaired) electrons. The third kappa shape index (κ3) is 4.28. The summed E-state index contributed by atoms with van der Waals surface area (Å²) in [7, 11) is 0. The number of halogens is 1. The Kier molecular flexibility index (Phi) is 7.10. The first-order valence-corrected chi connectivity index (χ1v) is 13.7. The van der Waals surface area contributed by atoms with E-state index in [0.717, 1.165) is 5.56 Å². The van der Waals surface area contributed by atoms with Crippen LogP contribution in [-0.4, -0.2) is 66.8 Å². The fourth-order valence-corrected chi connectivity index (χ4v) is 9.41. The number of aliphatic hydroxyl groups is 1. The zero-order valence-corrected chi connectivity index (χ0v) is 22.5. The van der Waals surface area contributed by atoms with Gasteiger partial charge in [0.15, 0.2) is 0 Å². The quantitative estimate of drug-likeness (QED) is 0.452. The summed E-state index contributed by atoms with van der Waals surface area (Å²) in [5.41, 5.74) is 0.521. The van der Waals surface area contributed by atoms with E-state index in [2.05, 4.69) is 26.6 Å². The van der Waals surface area contributed by atoms with Gasteiger partial charge in [0, 0.05) is 22.2 Å². The fourth-order valence-electron chi connectivity index (χ4n) is 5.81. The zero-order valence-electron chi connectivity index (χ0n) is 20.1. The van der Waals surface area contributed by atoms with Gasteiger partial charge in [0.2, 0.25) is 17.7 Å². The van der Waals surface area contributed by atoms with Gasteiger partial charge in [0.05, 0.1) is 29.2 Å². The average Bonchev–Trinajstić information content (AvgIpc) is 3.36. The molecular formula is C25H34BrN3O4S. The molecule has 3 aliphatic heterocycles. The number of hydrogen-bond donors (Lipinski definition) is 3. The number of benzene rings is 1. The summed E-state index contributed by atoms with van der Waals surface area (Å²) in [4.78, 5) is 42.7. The predicted molar refractivity (Wildman–Crippen MR) is 136 cm³/mol. The lowest BCUT2D eigenvalue weighted by atomic mass is 9.70. The molecule has 9 heteroatoms. The maximum atomic E-state index is 13.9. The first-order valence-electron chi connectivity index (χ1n) is 11.9. The van der Waals surface area contributed by atoms with Crippen LogP contribution in [0.5, 0.6) is 0 Å². The van der Waals surface area contributed by atoms with Gasteiger partial charge in [-0.05, 0) is 39.2 Å². The SMILES string of the molecule is CC[C@@H](CO)N1C(=O)[C@@H]2[C@H](C(=O)NCc3ccccc3)[C@H]3SC2(CC3Br)C1C(=O)NC(C)(C)C. The van der Waals surface area contributed by atoms with Crippen LogP contribution in [0.1, 0.15) is 46.1 Å². The van der Waals surface area contributed by atoms with Crippen molar-refractivity contribution < 1.29 is 19.5 Å². The number of carbonyl (C=O) groups excluding carboxylic acids is 3. The molecule has 1 aromatic rings. The average molecular weight is 553 g/mol. The third-order valence-electron chi connectivity index (χ3n) is 7.16. The van der Waals surface area contributed by atoms with Crippen molar-refractivity contribution in [1.82, 2.24) is 15.5 Å². The number of likely N-dealkylation sites (tertiary alicyclic amines) is 1. The van der Waals surface area contributed by atoms with E-state index in [1.807, 2.05) is 58.0 Å². The van der Waals surface area contributed by atoms with Crippen molar-refractivity contribution >= 4 is 45.4 Å². The Bertz CT molecular complexity index is 951. The van der Waals surface area contributed by atoms with Gasteiger partial charge in [0.25, 0.3) is 0 Å². The molecule has 3 unspecified atom stereocenters. The highest BCUT2D eigenvalue weighted by molar-refractivity contribution is 9.09. The lowest BCUT2D eigenvalue weighted by molar-refractivity contribution is -0.143. The van der Waals surface area contributed by atoms with Crippen LogP contribution >= 0.6 is 27.7 Å². The van der Waals surface area contributed by atoms with Crippen molar-refractivity contribution in [2.75, 3.05) is 6.61 Å². The van der Waals surface area contributed by atoms with Crippen molar-refractivity contribution in [2.45, 2.75) is 79.5 Å². The van der Waals surface area contributed by atoms with E-state index in [0.29, 0.717) is 19.4 Å². The minimum absolute atomic E-state index is 0.0214. The van der Waals surface area contributed by atoms with Gasteiger partial charge in [0.1, 0.15) is 6.04 Å². The van der Waals surface area contributed by atoms with Crippen molar-refractivity contribution in [3.8, 4) is 0 Å². The molecule has 0 saturated carbocycles. The van der Waals surface area contributed by atoms with E-state index in [-0.39, 0.29) is 34.4 Å². The summed E-state index contributed by atoms with van der Waals surface area (Å²) in [5.74, 6) is -1.69. The molecule has 3 aliphatic rings. The first kappa shape index (κ1) is 25.5. The predicted octanol–water partition coefficient (Wildman–Crippen LogP) is 2.45. The summed E-state index contributed by atoms with van der Waals surface area (Å²) in [6.07, 6.45) is 1.16. The van der Waals surface area contributed by atoms with Crippen LogP contribution in [0.25, 0.3) is 0 Å². The maximum absolute atomic E-state index is 13.9. The third-order valence-corrected chi connectivity index (χ3v) is 10.4. The Morgan fingerprint density at radius 1 is 1.26 bits per heavy atom. The normalized spacial score (nSPS) is 33.1. The molecule has 7 nitrogen and oxygen atoms in total. The molecule has 1 spiro atoms. The molecule has 34 heavy (non-hydrogen) atoms. The monoisotopic (exact) mass is 551 g/mol. The first-order chi connectivity index (χ1) is 16.0. The van der Waals surface area contributed by atoms with Gasteiger partial charge in [-0.3, -0.25) is 14.4 Å². The van der Waals surface area contributed by atoms with Crippen LogP contribution in [0.4, 0.5) is 0 Å². The van der Waals surface area contributed by atoms with Crippen LogP contribution < -0.4 is 10.6 Å². The summed E-state index contributed by atoms with van der Waals surface area (Å²) >= 11 is 5.38. The van der Waals surface area contributed by atoms with E-state index in [1.54, 1.807) is 16.7 Å². The van der Waals surface area contributed by atoms with E-state index in [9.17, 15) is 19.5 Å². The highest BCUT2D eigenvalue weighted by atomic mass is 79.9. The Morgan fingerprint density at radius 3 is 2.53 bits per heavy atom. The lowest BCUT2D eigenvalue weighted by Crippen LogP contribution is -2.59. The Labute approximate surface area is 213 Å². The van der Waals surface area contributed by atoms with E-state index < -0.39 is 34.2 Å². The number of amides is 3. The molecule has 3 saturated heterocycles. The Balaban J connectivity index is 1.68. The molecular weight excluding hydrogens is 518 g/mol. The number of alkyl halides is 1.